The molecule has 1 aromatic carbocycles. The fourth-order valence-electron chi connectivity index (χ4n) is 2.65. The van der Waals surface area contributed by atoms with Gasteiger partial charge in [-0.1, -0.05) is 32.0 Å². The summed E-state index contributed by atoms with van der Waals surface area (Å²) in [6, 6.07) is 12.4. The van der Waals surface area contributed by atoms with Crippen LogP contribution >= 0.6 is 0 Å². The number of hydrogen-bond donors (Lipinski definition) is 1. The summed E-state index contributed by atoms with van der Waals surface area (Å²) in [5.74, 6) is 0.173. The summed E-state index contributed by atoms with van der Waals surface area (Å²) in [4.78, 5) is 29.0. The number of amides is 1. The van der Waals surface area contributed by atoms with Crippen LogP contribution < -0.4 is 5.32 Å². The SMILES string of the molecule is CC(C)CCNC(=O)COC(=O)c1cc(-c2ccco2)nc2ccccc12. The van der Waals surface area contributed by atoms with E-state index in [1.807, 2.05) is 18.2 Å². The van der Waals surface area contributed by atoms with E-state index >= 15 is 0 Å². The Morgan fingerprint density at radius 2 is 2.00 bits per heavy atom. The van der Waals surface area contributed by atoms with E-state index in [1.54, 1.807) is 30.5 Å². The predicted molar refractivity (Wildman–Crippen MR) is 102 cm³/mol. The van der Waals surface area contributed by atoms with Gasteiger partial charge in [0.1, 0.15) is 5.69 Å². The highest BCUT2D eigenvalue weighted by Crippen LogP contribution is 2.25. The molecule has 0 atom stereocenters. The van der Waals surface area contributed by atoms with E-state index in [-0.39, 0.29) is 12.5 Å². The number of para-hydroxylation sites is 1. The lowest BCUT2D eigenvalue weighted by molar-refractivity contribution is -0.124. The van der Waals surface area contributed by atoms with Crippen LogP contribution in [0.4, 0.5) is 0 Å². The molecule has 0 unspecified atom stereocenters. The second-order valence-corrected chi connectivity index (χ2v) is 6.66. The first-order chi connectivity index (χ1) is 13.0. The minimum atomic E-state index is -0.569. The van der Waals surface area contributed by atoms with Crippen molar-refractivity contribution in [3.63, 3.8) is 0 Å². The summed E-state index contributed by atoms with van der Waals surface area (Å²) in [7, 11) is 0. The average molecular weight is 366 g/mol. The molecular formula is C21H22N2O4. The van der Waals surface area contributed by atoms with Crippen LogP contribution in [0.1, 0.15) is 30.6 Å². The molecule has 140 valence electrons. The van der Waals surface area contributed by atoms with Crippen LogP contribution in [-0.4, -0.2) is 30.0 Å². The lowest BCUT2D eigenvalue weighted by atomic mass is 10.1. The fourth-order valence-corrected chi connectivity index (χ4v) is 2.65. The Kier molecular flexibility index (Phi) is 5.86. The van der Waals surface area contributed by atoms with Crippen LogP contribution in [0.15, 0.2) is 53.1 Å². The van der Waals surface area contributed by atoms with Crippen LogP contribution in [0.25, 0.3) is 22.4 Å². The highest BCUT2D eigenvalue weighted by atomic mass is 16.5. The smallest absolute Gasteiger partial charge is 0.339 e. The van der Waals surface area contributed by atoms with Crippen molar-refractivity contribution in [1.29, 1.82) is 0 Å². The van der Waals surface area contributed by atoms with E-state index in [4.69, 9.17) is 9.15 Å². The number of fused-ring (bicyclic) bond motifs is 1. The highest BCUT2D eigenvalue weighted by molar-refractivity contribution is 6.05. The second kappa shape index (κ2) is 8.49. The van der Waals surface area contributed by atoms with Gasteiger partial charge in [0.05, 0.1) is 17.3 Å². The molecule has 6 heteroatoms. The molecule has 0 spiro atoms. The van der Waals surface area contributed by atoms with E-state index in [0.29, 0.717) is 40.4 Å². The lowest BCUT2D eigenvalue weighted by Crippen LogP contribution is -2.30. The summed E-state index contributed by atoms with van der Waals surface area (Å²) in [6.07, 6.45) is 2.42. The van der Waals surface area contributed by atoms with Crippen LogP contribution in [0.3, 0.4) is 0 Å². The van der Waals surface area contributed by atoms with E-state index in [0.717, 1.165) is 6.42 Å². The molecule has 0 radical (unpaired) electrons. The molecule has 3 rings (SSSR count). The van der Waals surface area contributed by atoms with Crippen molar-refractivity contribution in [2.75, 3.05) is 13.2 Å². The normalized spacial score (nSPS) is 10.9. The number of nitrogens with one attached hydrogen (secondary N) is 1. The largest absolute Gasteiger partial charge is 0.463 e. The minimum Gasteiger partial charge on any atom is -0.463 e. The number of rotatable bonds is 7. The maximum absolute atomic E-state index is 12.6. The Morgan fingerprint density at radius 1 is 1.19 bits per heavy atom. The third-order valence-electron chi connectivity index (χ3n) is 4.09. The van der Waals surface area contributed by atoms with Gasteiger partial charge in [-0.2, -0.15) is 0 Å². The first kappa shape index (κ1) is 18.6. The van der Waals surface area contributed by atoms with Crippen LogP contribution in [-0.2, 0) is 9.53 Å². The maximum Gasteiger partial charge on any atom is 0.339 e. The number of nitrogens with zero attached hydrogens (tertiary/aromatic N) is 1. The van der Waals surface area contributed by atoms with Crippen molar-refractivity contribution in [3.8, 4) is 11.5 Å². The quantitative estimate of drug-likeness (QED) is 0.643. The Labute approximate surface area is 157 Å². The average Bonchev–Trinajstić information content (AvgIpc) is 3.19. The minimum absolute atomic E-state index is 0.311. The molecule has 27 heavy (non-hydrogen) atoms. The number of carbonyl (C=O) groups excluding carboxylic acids is 2. The molecule has 0 aliphatic carbocycles. The first-order valence-electron chi connectivity index (χ1n) is 8.92. The zero-order valence-electron chi connectivity index (χ0n) is 15.4. The Balaban J connectivity index is 1.76. The third kappa shape index (κ3) is 4.73. The molecule has 0 aliphatic rings. The number of aromatic nitrogens is 1. The number of hydrogen-bond acceptors (Lipinski definition) is 5. The van der Waals surface area contributed by atoms with Gasteiger partial charge >= 0.3 is 5.97 Å². The van der Waals surface area contributed by atoms with E-state index in [9.17, 15) is 9.59 Å². The van der Waals surface area contributed by atoms with E-state index < -0.39 is 5.97 Å². The van der Waals surface area contributed by atoms with Crippen molar-refractivity contribution >= 4 is 22.8 Å². The second-order valence-electron chi connectivity index (χ2n) is 6.66. The van der Waals surface area contributed by atoms with Gasteiger partial charge in [-0.3, -0.25) is 4.79 Å². The van der Waals surface area contributed by atoms with Crippen molar-refractivity contribution in [3.05, 3.63) is 54.3 Å². The molecule has 0 aliphatic heterocycles. The number of pyridine rings is 1. The van der Waals surface area contributed by atoms with Gasteiger partial charge < -0.3 is 14.5 Å². The topological polar surface area (TPSA) is 81.4 Å². The van der Waals surface area contributed by atoms with Crippen molar-refractivity contribution < 1.29 is 18.7 Å². The molecule has 3 aromatic rings. The highest BCUT2D eigenvalue weighted by Gasteiger charge is 2.17. The van der Waals surface area contributed by atoms with Crippen molar-refractivity contribution in [2.24, 2.45) is 5.92 Å². The van der Waals surface area contributed by atoms with Gasteiger partial charge in [0.25, 0.3) is 5.91 Å². The molecule has 6 nitrogen and oxygen atoms in total. The van der Waals surface area contributed by atoms with Gasteiger partial charge in [0, 0.05) is 11.9 Å². The molecule has 1 N–H and O–H groups in total. The van der Waals surface area contributed by atoms with Gasteiger partial charge in [-0.15, -0.1) is 0 Å². The van der Waals surface area contributed by atoms with Gasteiger partial charge in [-0.25, -0.2) is 9.78 Å². The van der Waals surface area contributed by atoms with Gasteiger partial charge in [0.2, 0.25) is 0 Å². The molecule has 1 amide bonds. The molecule has 0 bridgehead atoms. The lowest BCUT2D eigenvalue weighted by Gasteiger charge is -2.10. The van der Waals surface area contributed by atoms with Crippen molar-refractivity contribution in [2.45, 2.75) is 20.3 Å². The monoisotopic (exact) mass is 366 g/mol. The summed E-state index contributed by atoms with van der Waals surface area (Å²) in [5, 5.41) is 3.41. The molecule has 0 saturated carbocycles. The van der Waals surface area contributed by atoms with E-state index in [2.05, 4.69) is 24.1 Å². The van der Waals surface area contributed by atoms with Crippen LogP contribution in [0.5, 0.6) is 0 Å². The van der Waals surface area contributed by atoms with Crippen molar-refractivity contribution in [1.82, 2.24) is 10.3 Å². The van der Waals surface area contributed by atoms with Crippen LogP contribution in [0.2, 0.25) is 0 Å². The van der Waals surface area contributed by atoms with Crippen LogP contribution in [0, 0.1) is 5.92 Å². The number of ether oxygens (including phenoxy) is 1. The zero-order valence-corrected chi connectivity index (χ0v) is 15.4. The zero-order chi connectivity index (χ0) is 19.2. The summed E-state index contributed by atoms with van der Waals surface area (Å²) in [6.45, 7) is 4.41. The standard InChI is InChI=1S/C21H22N2O4/c1-14(2)9-10-22-20(24)13-27-21(25)16-12-18(19-8-5-11-26-19)23-17-7-4-3-6-15(16)17/h3-8,11-12,14H,9-10,13H2,1-2H3,(H,22,24). The number of benzene rings is 1. The summed E-state index contributed by atoms with van der Waals surface area (Å²) < 4.78 is 10.6. The number of esters is 1. The van der Waals surface area contributed by atoms with Gasteiger partial charge in [0.15, 0.2) is 12.4 Å². The Hall–Kier alpha value is -3.15. The molecule has 2 aromatic heterocycles. The first-order valence-corrected chi connectivity index (χ1v) is 8.92. The molecular weight excluding hydrogens is 344 g/mol. The number of carbonyl (C=O) groups is 2. The van der Waals surface area contributed by atoms with E-state index in [1.165, 1.54) is 0 Å². The van der Waals surface area contributed by atoms with Gasteiger partial charge in [-0.05, 0) is 36.6 Å². The molecule has 2 heterocycles. The number of furan rings is 1. The maximum atomic E-state index is 12.6. The fraction of sp³-hybridized carbons (Fsp3) is 0.286. The third-order valence-corrected chi connectivity index (χ3v) is 4.09. The summed E-state index contributed by atoms with van der Waals surface area (Å²) in [5.41, 5.74) is 1.54. The Bertz CT molecular complexity index is 933. The molecule has 0 saturated heterocycles. The molecule has 0 fully saturated rings. The predicted octanol–water partition coefficient (Wildman–Crippen LogP) is 3.81. The Morgan fingerprint density at radius 3 is 2.74 bits per heavy atom. The summed E-state index contributed by atoms with van der Waals surface area (Å²) >= 11 is 0.